The zero-order chi connectivity index (χ0) is 21.8. The van der Waals surface area contributed by atoms with E-state index in [0.29, 0.717) is 6.54 Å². The monoisotopic (exact) mass is 424 g/mol. The largest absolute Gasteiger partial charge is 0.497 e. The molecule has 0 saturated carbocycles. The molecule has 1 amide bonds. The Labute approximate surface area is 185 Å². The molecule has 2 aromatic carbocycles. The van der Waals surface area contributed by atoms with Gasteiger partial charge in [0, 0.05) is 17.8 Å². The van der Waals surface area contributed by atoms with Crippen molar-refractivity contribution in [3.63, 3.8) is 0 Å². The van der Waals surface area contributed by atoms with Crippen molar-refractivity contribution < 1.29 is 19.2 Å². The van der Waals surface area contributed by atoms with Crippen molar-refractivity contribution in [1.29, 1.82) is 0 Å². The van der Waals surface area contributed by atoms with E-state index in [-0.39, 0.29) is 11.9 Å². The maximum Gasteiger partial charge on any atom is 0.278 e. The molecule has 0 radical (unpaired) electrons. The molecule has 0 bridgehead atoms. The van der Waals surface area contributed by atoms with Crippen molar-refractivity contribution in [3.8, 4) is 11.5 Å². The lowest BCUT2D eigenvalue weighted by atomic mass is 10.0. The topological polar surface area (TPSA) is 46.5 Å². The summed E-state index contributed by atoms with van der Waals surface area (Å²) < 4.78 is 11.0. The van der Waals surface area contributed by atoms with Crippen LogP contribution in [0.25, 0.3) is 0 Å². The van der Waals surface area contributed by atoms with Crippen LogP contribution in [0.2, 0.25) is 0 Å². The molecule has 31 heavy (non-hydrogen) atoms. The minimum atomic E-state index is 0.0604. The van der Waals surface area contributed by atoms with E-state index >= 15 is 0 Å². The van der Waals surface area contributed by atoms with Crippen LogP contribution in [0.5, 0.6) is 11.5 Å². The van der Waals surface area contributed by atoms with Crippen molar-refractivity contribution in [2.75, 3.05) is 58.4 Å². The van der Waals surface area contributed by atoms with E-state index in [1.54, 1.807) is 14.2 Å². The van der Waals surface area contributed by atoms with E-state index in [2.05, 4.69) is 41.0 Å². The number of rotatable bonds is 6. The van der Waals surface area contributed by atoms with Gasteiger partial charge in [-0.25, -0.2) is 0 Å². The summed E-state index contributed by atoms with van der Waals surface area (Å²) in [5.41, 5.74) is 3.68. The van der Waals surface area contributed by atoms with Gasteiger partial charge in [0.1, 0.15) is 11.5 Å². The van der Waals surface area contributed by atoms with Crippen molar-refractivity contribution >= 4 is 11.6 Å². The maximum atomic E-state index is 13.3. The van der Waals surface area contributed by atoms with Crippen molar-refractivity contribution in [1.82, 2.24) is 4.90 Å². The number of hydrogen-bond donors (Lipinski definition) is 1. The number of anilines is 1. The SMILES string of the molecule is COc1ccc(OC)c([C@@H]2CCCN2C(=O)C[NH+]2CCN(c3ccccc3C)CC2)c1. The average Bonchev–Trinajstić information content (AvgIpc) is 3.29. The smallest absolute Gasteiger partial charge is 0.278 e. The van der Waals surface area contributed by atoms with Gasteiger partial charge in [-0.1, -0.05) is 18.2 Å². The van der Waals surface area contributed by atoms with Crippen LogP contribution in [-0.4, -0.2) is 64.3 Å². The van der Waals surface area contributed by atoms with Gasteiger partial charge < -0.3 is 24.2 Å². The Hall–Kier alpha value is -2.73. The molecule has 1 atom stereocenters. The fourth-order valence-corrected chi connectivity index (χ4v) is 4.96. The molecule has 2 saturated heterocycles. The van der Waals surface area contributed by atoms with Gasteiger partial charge in [-0.2, -0.15) is 0 Å². The third-order valence-electron chi connectivity index (χ3n) is 6.70. The number of amides is 1. The molecule has 0 unspecified atom stereocenters. The van der Waals surface area contributed by atoms with Gasteiger partial charge in [-0.3, -0.25) is 4.79 Å². The third kappa shape index (κ3) is 4.64. The number of carbonyl (C=O) groups is 1. The highest BCUT2D eigenvalue weighted by Crippen LogP contribution is 2.38. The number of hydrogen-bond acceptors (Lipinski definition) is 4. The number of para-hydroxylation sites is 1. The second-order valence-electron chi connectivity index (χ2n) is 8.55. The highest BCUT2D eigenvalue weighted by atomic mass is 16.5. The average molecular weight is 425 g/mol. The lowest BCUT2D eigenvalue weighted by molar-refractivity contribution is -0.892. The zero-order valence-electron chi connectivity index (χ0n) is 18.9. The summed E-state index contributed by atoms with van der Waals surface area (Å²) in [4.78, 5) is 19.2. The Morgan fingerprint density at radius 1 is 1.06 bits per heavy atom. The van der Waals surface area contributed by atoms with Gasteiger partial charge in [0.25, 0.3) is 5.91 Å². The van der Waals surface area contributed by atoms with Crippen molar-refractivity contribution in [2.45, 2.75) is 25.8 Å². The highest BCUT2D eigenvalue weighted by molar-refractivity contribution is 5.78. The molecule has 1 N–H and O–H groups in total. The highest BCUT2D eigenvalue weighted by Gasteiger charge is 2.34. The van der Waals surface area contributed by atoms with Crippen LogP contribution in [0.15, 0.2) is 42.5 Å². The molecular formula is C25H34N3O3+. The lowest BCUT2D eigenvalue weighted by Gasteiger charge is -2.35. The third-order valence-corrected chi connectivity index (χ3v) is 6.70. The van der Waals surface area contributed by atoms with E-state index in [9.17, 15) is 4.79 Å². The Kier molecular flexibility index (Phi) is 6.66. The van der Waals surface area contributed by atoms with E-state index in [0.717, 1.165) is 62.6 Å². The van der Waals surface area contributed by atoms with Crippen LogP contribution in [0, 0.1) is 6.92 Å². The molecule has 6 heteroatoms. The number of piperazine rings is 1. The van der Waals surface area contributed by atoms with Gasteiger partial charge in [0.05, 0.1) is 46.4 Å². The number of nitrogens with one attached hydrogen (secondary N) is 1. The Bertz CT molecular complexity index is 909. The molecule has 0 aromatic heterocycles. The summed E-state index contributed by atoms with van der Waals surface area (Å²) in [6.07, 6.45) is 1.98. The first-order valence-electron chi connectivity index (χ1n) is 11.3. The number of quaternary nitrogens is 1. The number of methoxy groups -OCH3 is 2. The fourth-order valence-electron chi connectivity index (χ4n) is 4.96. The van der Waals surface area contributed by atoms with Gasteiger partial charge in [0.2, 0.25) is 0 Å². The van der Waals surface area contributed by atoms with Gasteiger partial charge in [0.15, 0.2) is 6.54 Å². The second-order valence-corrected chi connectivity index (χ2v) is 8.55. The maximum absolute atomic E-state index is 13.3. The first kappa shape index (κ1) is 21.5. The lowest BCUT2D eigenvalue weighted by Crippen LogP contribution is -3.15. The van der Waals surface area contributed by atoms with E-state index < -0.39 is 0 Å². The van der Waals surface area contributed by atoms with E-state index in [1.807, 2.05) is 18.2 Å². The van der Waals surface area contributed by atoms with Crippen LogP contribution in [-0.2, 0) is 4.79 Å². The molecule has 6 nitrogen and oxygen atoms in total. The molecule has 2 aliphatic rings. The molecular weight excluding hydrogens is 390 g/mol. The van der Waals surface area contributed by atoms with Crippen LogP contribution in [0.3, 0.4) is 0 Å². The first-order chi connectivity index (χ1) is 15.1. The minimum Gasteiger partial charge on any atom is -0.497 e. The summed E-state index contributed by atoms with van der Waals surface area (Å²) in [6.45, 7) is 7.48. The summed E-state index contributed by atoms with van der Waals surface area (Å²) >= 11 is 0. The fraction of sp³-hybridized carbons (Fsp3) is 0.480. The molecule has 2 aliphatic heterocycles. The summed E-state index contributed by atoms with van der Waals surface area (Å²) in [6, 6.07) is 14.5. The Morgan fingerprint density at radius 2 is 1.84 bits per heavy atom. The molecule has 166 valence electrons. The van der Waals surface area contributed by atoms with Crippen LogP contribution in [0.4, 0.5) is 5.69 Å². The van der Waals surface area contributed by atoms with E-state index in [1.165, 1.54) is 16.2 Å². The Morgan fingerprint density at radius 3 is 2.55 bits per heavy atom. The zero-order valence-corrected chi connectivity index (χ0v) is 18.9. The molecule has 0 spiro atoms. The predicted molar refractivity (Wildman–Crippen MR) is 122 cm³/mol. The number of nitrogens with zero attached hydrogens (tertiary/aromatic N) is 2. The van der Waals surface area contributed by atoms with Crippen LogP contribution >= 0.6 is 0 Å². The number of likely N-dealkylation sites (tertiary alicyclic amines) is 1. The van der Waals surface area contributed by atoms with Crippen LogP contribution < -0.4 is 19.3 Å². The van der Waals surface area contributed by atoms with Gasteiger partial charge >= 0.3 is 0 Å². The number of carbonyl (C=O) groups excluding carboxylic acids is 1. The van der Waals surface area contributed by atoms with Crippen LogP contribution in [0.1, 0.15) is 30.0 Å². The minimum absolute atomic E-state index is 0.0604. The molecule has 0 aliphatic carbocycles. The van der Waals surface area contributed by atoms with Gasteiger partial charge in [-0.05, 0) is 49.6 Å². The summed E-state index contributed by atoms with van der Waals surface area (Å²) in [5.74, 6) is 1.87. The number of ether oxygens (including phenoxy) is 2. The van der Waals surface area contributed by atoms with Gasteiger partial charge in [-0.15, -0.1) is 0 Å². The number of aryl methyl sites for hydroxylation is 1. The molecule has 2 fully saturated rings. The number of benzene rings is 2. The standard InChI is InChI=1S/C25H33N3O3/c1-19-7-4-5-8-22(19)27-15-13-26(14-16-27)18-25(29)28-12-6-9-23(28)21-17-20(30-2)10-11-24(21)31-3/h4-5,7-8,10-11,17,23H,6,9,12-16,18H2,1-3H3/p+1/t23-/m0/s1. The summed E-state index contributed by atoms with van der Waals surface area (Å²) in [7, 11) is 3.35. The first-order valence-corrected chi connectivity index (χ1v) is 11.3. The molecule has 4 rings (SSSR count). The second kappa shape index (κ2) is 9.60. The van der Waals surface area contributed by atoms with Crippen molar-refractivity contribution in [2.24, 2.45) is 0 Å². The summed E-state index contributed by atoms with van der Waals surface area (Å²) in [5, 5.41) is 0. The quantitative estimate of drug-likeness (QED) is 0.771. The molecule has 2 aromatic rings. The van der Waals surface area contributed by atoms with E-state index in [4.69, 9.17) is 9.47 Å². The molecule has 2 heterocycles. The predicted octanol–water partition coefficient (Wildman–Crippen LogP) is 2.08. The normalized spacial score (nSPS) is 19.5. The Balaban J connectivity index is 1.39. The van der Waals surface area contributed by atoms with Crippen molar-refractivity contribution in [3.05, 3.63) is 53.6 Å².